The van der Waals surface area contributed by atoms with Crippen molar-refractivity contribution in [2.24, 2.45) is 0 Å². The molecule has 1 N–H and O–H groups in total. The molecule has 102 valence electrons. The number of aromatic nitrogens is 1. The second-order valence-electron chi connectivity index (χ2n) is 3.50. The Morgan fingerprint density at radius 1 is 1.44 bits per heavy atom. The van der Waals surface area contributed by atoms with E-state index in [1.165, 1.54) is 0 Å². The number of carbonyl (C=O) groups is 1. The van der Waals surface area contributed by atoms with Crippen LogP contribution in [-0.2, 0) is 16.0 Å². The van der Waals surface area contributed by atoms with Gasteiger partial charge in [-0.25, -0.2) is 18.2 Å². The van der Waals surface area contributed by atoms with Crippen molar-refractivity contribution in [1.29, 1.82) is 0 Å². The molecule has 0 amide bonds. The van der Waals surface area contributed by atoms with Gasteiger partial charge < -0.3 is 9.52 Å². The highest BCUT2D eigenvalue weighted by Gasteiger charge is 2.42. The number of carboxylic acid groups (broad SMARTS) is 1. The Labute approximate surface area is 99.3 Å². The molecule has 1 aromatic rings. The molecular weight excluding hydrogens is 279 g/mol. The molecule has 1 rings (SSSR count). The fraction of sp³-hybridized carbons (Fsp3) is 0.500. The van der Waals surface area contributed by atoms with Crippen LogP contribution in [-0.4, -0.2) is 30.7 Å². The first-order valence-corrected chi connectivity index (χ1v) is 6.40. The molecule has 18 heavy (non-hydrogen) atoms. The number of sulfone groups is 1. The summed E-state index contributed by atoms with van der Waals surface area (Å²) in [5, 5.41) is 7.08. The predicted molar refractivity (Wildman–Crippen MR) is 51.7 cm³/mol. The Hall–Kier alpha value is -1.58. The predicted octanol–water partition coefficient (Wildman–Crippen LogP) is 1.50. The second kappa shape index (κ2) is 4.26. The maximum atomic E-state index is 12.4. The molecule has 0 aliphatic carbocycles. The summed E-state index contributed by atoms with van der Waals surface area (Å²) in [5.41, 5.74) is -1.75. The van der Waals surface area contributed by atoms with Gasteiger partial charge in [-0.15, -0.1) is 0 Å². The van der Waals surface area contributed by atoms with Crippen LogP contribution in [0.3, 0.4) is 0 Å². The van der Waals surface area contributed by atoms with E-state index in [1.54, 1.807) is 0 Å². The number of hydrogen-bond acceptors (Lipinski definition) is 5. The van der Waals surface area contributed by atoms with Crippen LogP contribution >= 0.6 is 0 Å². The molecule has 1 aromatic heterocycles. The molecule has 0 radical (unpaired) electrons. The van der Waals surface area contributed by atoms with Gasteiger partial charge in [0.25, 0.3) is 0 Å². The molecule has 1 atom stereocenters. The van der Waals surface area contributed by atoms with Gasteiger partial charge in [-0.2, -0.15) is 13.2 Å². The molecule has 0 aliphatic rings. The summed E-state index contributed by atoms with van der Waals surface area (Å²) in [7, 11) is -3.75. The average Bonchev–Trinajstić information content (AvgIpc) is 2.58. The summed E-state index contributed by atoms with van der Waals surface area (Å²) in [6, 6.07) is 0. The summed E-state index contributed by atoms with van der Waals surface area (Å²) < 4.78 is 64.0. The highest BCUT2D eigenvalue weighted by Crippen LogP contribution is 2.34. The molecule has 0 aliphatic heterocycles. The number of alkyl halides is 3. The van der Waals surface area contributed by atoms with E-state index in [2.05, 4.69) is 9.40 Å². The van der Waals surface area contributed by atoms with Crippen LogP contribution in [0.4, 0.5) is 13.2 Å². The van der Waals surface area contributed by atoms with Crippen molar-refractivity contribution in [3.05, 3.63) is 17.3 Å². The van der Waals surface area contributed by atoms with Crippen LogP contribution in [0.5, 0.6) is 0 Å². The third kappa shape index (κ3) is 2.81. The van der Waals surface area contributed by atoms with E-state index in [0.717, 1.165) is 13.2 Å². The SMILES string of the molecule is CC(c1nc(C(F)(F)F)c(C(=O)O)o1)S(C)(=O)=O. The summed E-state index contributed by atoms with van der Waals surface area (Å²) in [6.45, 7) is 1.05. The highest BCUT2D eigenvalue weighted by atomic mass is 32.2. The minimum absolute atomic E-state index is 0.773. The van der Waals surface area contributed by atoms with E-state index in [-0.39, 0.29) is 0 Å². The zero-order valence-corrected chi connectivity index (χ0v) is 9.96. The molecule has 6 nitrogen and oxygen atoms in total. The largest absolute Gasteiger partial charge is 0.475 e. The van der Waals surface area contributed by atoms with Gasteiger partial charge >= 0.3 is 12.1 Å². The Morgan fingerprint density at radius 2 is 1.94 bits per heavy atom. The van der Waals surface area contributed by atoms with E-state index in [9.17, 15) is 26.4 Å². The fourth-order valence-corrected chi connectivity index (χ4v) is 1.50. The summed E-state index contributed by atoms with van der Waals surface area (Å²) in [4.78, 5) is 13.5. The smallest absolute Gasteiger partial charge is 0.437 e. The first kappa shape index (κ1) is 14.5. The van der Waals surface area contributed by atoms with E-state index in [4.69, 9.17) is 5.11 Å². The van der Waals surface area contributed by atoms with Gasteiger partial charge in [0.05, 0.1) is 0 Å². The van der Waals surface area contributed by atoms with Crippen LogP contribution in [0.1, 0.15) is 34.3 Å². The lowest BCUT2D eigenvalue weighted by molar-refractivity contribution is -0.141. The molecule has 1 unspecified atom stereocenters. The maximum Gasteiger partial charge on any atom is 0.437 e. The molecule has 1 heterocycles. The first-order chi connectivity index (χ1) is 7.94. The standard InChI is InChI=1S/C8H8F3NO5S/c1-3(18(2,15)16)6-12-5(8(9,10)11)4(17-6)7(13)14/h3H,1-2H3,(H,13,14). The normalized spacial score (nSPS) is 14.5. The lowest BCUT2D eigenvalue weighted by atomic mass is 10.3. The number of nitrogens with zero attached hydrogens (tertiary/aromatic N) is 1. The minimum atomic E-state index is -5.04. The molecule has 0 aromatic carbocycles. The third-order valence-electron chi connectivity index (χ3n) is 2.10. The number of oxazole rings is 1. The molecule has 0 saturated heterocycles. The number of halogens is 3. The van der Waals surface area contributed by atoms with E-state index in [0.29, 0.717) is 0 Å². The topological polar surface area (TPSA) is 97.5 Å². The number of carboxylic acids is 1. The summed E-state index contributed by atoms with van der Waals surface area (Å²) in [5.74, 6) is -4.20. The van der Waals surface area contributed by atoms with Gasteiger partial charge in [0.1, 0.15) is 5.25 Å². The van der Waals surface area contributed by atoms with Crippen molar-refractivity contribution in [1.82, 2.24) is 4.98 Å². The zero-order valence-electron chi connectivity index (χ0n) is 9.15. The van der Waals surface area contributed by atoms with Gasteiger partial charge in [0.2, 0.25) is 11.7 Å². The Balaban J connectivity index is 3.41. The van der Waals surface area contributed by atoms with Crippen LogP contribution in [0.15, 0.2) is 4.42 Å². The third-order valence-corrected chi connectivity index (χ3v) is 3.58. The van der Waals surface area contributed by atoms with Crippen LogP contribution in [0, 0.1) is 0 Å². The molecule has 0 fully saturated rings. The van der Waals surface area contributed by atoms with Crippen molar-refractivity contribution in [2.75, 3.05) is 6.26 Å². The molecule has 0 bridgehead atoms. The monoisotopic (exact) mass is 287 g/mol. The summed E-state index contributed by atoms with van der Waals surface area (Å²) in [6.07, 6.45) is -4.26. The lowest BCUT2D eigenvalue weighted by Crippen LogP contribution is -2.12. The lowest BCUT2D eigenvalue weighted by Gasteiger charge is -2.03. The van der Waals surface area contributed by atoms with Gasteiger partial charge in [-0.3, -0.25) is 0 Å². The highest BCUT2D eigenvalue weighted by molar-refractivity contribution is 7.90. The van der Waals surface area contributed by atoms with Crippen molar-refractivity contribution < 1.29 is 35.9 Å². The maximum absolute atomic E-state index is 12.4. The molecule has 10 heteroatoms. The fourth-order valence-electron chi connectivity index (χ4n) is 1.03. The van der Waals surface area contributed by atoms with Gasteiger partial charge in [0.15, 0.2) is 15.5 Å². The Morgan fingerprint density at radius 3 is 2.22 bits per heavy atom. The second-order valence-corrected chi connectivity index (χ2v) is 5.87. The van der Waals surface area contributed by atoms with Crippen LogP contribution in [0.2, 0.25) is 0 Å². The van der Waals surface area contributed by atoms with E-state index >= 15 is 0 Å². The van der Waals surface area contributed by atoms with Gasteiger partial charge in [-0.05, 0) is 6.92 Å². The summed E-state index contributed by atoms with van der Waals surface area (Å²) >= 11 is 0. The molecule has 0 saturated carbocycles. The molecular formula is C8H8F3NO5S. The van der Waals surface area contributed by atoms with Crippen molar-refractivity contribution in [3.63, 3.8) is 0 Å². The molecule has 0 spiro atoms. The zero-order chi connectivity index (χ0) is 14.3. The average molecular weight is 287 g/mol. The van der Waals surface area contributed by atoms with E-state index < -0.39 is 44.6 Å². The van der Waals surface area contributed by atoms with Gasteiger partial charge in [-0.1, -0.05) is 0 Å². The van der Waals surface area contributed by atoms with Crippen molar-refractivity contribution >= 4 is 15.8 Å². The number of rotatable bonds is 3. The van der Waals surface area contributed by atoms with Crippen molar-refractivity contribution in [3.8, 4) is 0 Å². The van der Waals surface area contributed by atoms with Crippen LogP contribution < -0.4 is 0 Å². The number of hydrogen-bond donors (Lipinski definition) is 1. The van der Waals surface area contributed by atoms with Crippen LogP contribution in [0.25, 0.3) is 0 Å². The van der Waals surface area contributed by atoms with E-state index in [1.807, 2.05) is 0 Å². The minimum Gasteiger partial charge on any atom is -0.475 e. The Kier molecular flexibility index (Phi) is 3.43. The van der Waals surface area contributed by atoms with Gasteiger partial charge in [0, 0.05) is 6.26 Å². The quantitative estimate of drug-likeness (QED) is 0.904. The number of aromatic carboxylic acids is 1. The van der Waals surface area contributed by atoms with Crippen molar-refractivity contribution in [2.45, 2.75) is 18.3 Å². The first-order valence-electron chi connectivity index (χ1n) is 4.44. The Bertz CT molecular complexity index is 574.